The van der Waals surface area contributed by atoms with Gasteiger partial charge in [0.05, 0.1) is 0 Å². The van der Waals surface area contributed by atoms with Crippen LogP contribution in [-0.2, 0) is 0 Å². The first-order chi connectivity index (χ1) is 14.3. The maximum Gasteiger partial charge on any atom is 0.276 e. The van der Waals surface area contributed by atoms with Crippen molar-refractivity contribution < 1.29 is 9.32 Å². The quantitative estimate of drug-likeness (QED) is 0.792. The van der Waals surface area contributed by atoms with Crippen molar-refractivity contribution in [3.05, 3.63) is 42.1 Å². The number of piperidine rings is 3. The lowest BCUT2D eigenvalue weighted by Crippen LogP contribution is -2.62. The Morgan fingerprint density at radius 3 is 2.55 bits per heavy atom. The number of hydrogen-bond donors (Lipinski definition) is 0. The van der Waals surface area contributed by atoms with Gasteiger partial charge in [0, 0.05) is 43.3 Å². The van der Waals surface area contributed by atoms with Crippen molar-refractivity contribution in [3.8, 4) is 11.3 Å². The van der Waals surface area contributed by atoms with Gasteiger partial charge in [-0.1, -0.05) is 41.9 Å². The molecule has 3 saturated heterocycles. The van der Waals surface area contributed by atoms with Crippen molar-refractivity contribution in [3.63, 3.8) is 0 Å². The molecule has 1 aliphatic carbocycles. The minimum Gasteiger partial charge on any atom is -0.355 e. The Bertz CT molecular complexity index is 891. The van der Waals surface area contributed by atoms with Gasteiger partial charge in [0.25, 0.3) is 5.91 Å². The molecule has 4 atom stereocenters. The van der Waals surface area contributed by atoms with Gasteiger partial charge >= 0.3 is 0 Å². The van der Waals surface area contributed by atoms with E-state index < -0.39 is 0 Å². The van der Waals surface area contributed by atoms with Crippen LogP contribution < -0.4 is 0 Å². The molecule has 29 heavy (non-hydrogen) atoms. The number of carbonyl (C=O) groups excluding carboxylic acids is 1. The summed E-state index contributed by atoms with van der Waals surface area (Å²) in [5.74, 6) is 2.88. The smallest absolute Gasteiger partial charge is 0.276 e. The van der Waals surface area contributed by atoms with Crippen molar-refractivity contribution >= 4 is 5.91 Å². The summed E-state index contributed by atoms with van der Waals surface area (Å²) in [5.41, 5.74) is 1.40. The first-order valence-corrected chi connectivity index (χ1v) is 11.3. The van der Waals surface area contributed by atoms with Gasteiger partial charge in [0.1, 0.15) is 0 Å². The van der Waals surface area contributed by atoms with Crippen LogP contribution in [0.1, 0.15) is 49.0 Å². The molecule has 4 aliphatic rings. The fourth-order valence-corrected chi connectivity index (χ4v) is 6.28. The highest BCUT2D eigenvalue weighted by Crippen LogP contribution is 2.46. The summed E-state index contributed by atoms with van der Waals surface area (Å²) in [6.45, 7) is 2.92. The van der Waals surface area contributed by atoms with Gasteiger partial charge in [-0.25, -0.2) is 0 Å². The molecular weight excluding hydrogens is 362 g/mol. The van der Waals surface area contributed by atoms with E-state index in [0.29, 0.717) is 29.3 Å². The summed E-state index contributed by atoms with van der Waals surface area (Å²) in [6, 6.07) is 13.2. The van der Waals surface area contributed by atoms with E-state index in [2.05, 4.69) is 15.0 Å². The number of aromatic nitrogens is 1. The summed E-state index contributed by atoms with van der Waals surface area (Å²) >= 11 is 0. The predicted molar refractivity (Wildman–Crippen MR) is 110 cm³/mol. The Morgan fingerprint density at radius 2 is 1.76 bits per heavy atom. The highest BCUT2D eigenvalue weighted by Gasteiger charge is 2.48. The van der Waals surface area contributed by atoms with E-state index in [9.17, 15) is 4.79 Å². The molecule has 5 heteroatoms. The first-order valence-electron chi connectivity index (χ1n) is 11.3. The van der Waals surface area contributed by atoms with Crippen LogP contribution in [0, 0.1) is 17.8 Å². The summed E-state index contributed by atoms with van der Waals surface area (Å²) in [7, 11) is 0. The summed E-state index contributed by atoms with van der Waals surface area (Å²) in [6.07, 6.45) is 8.22. The van der Waals surface area contributed by atoms with Gasteiger partial charge in [-0.15, -0.1) is 0 Å². The molecule has 2 bridgehead atoms. The highest BCUT2D eigenvalue weighted by atomic mass is 16.5. The maximum atomic E-state index is 13.2. The monoisotopic (exact) mass is 391 g/mol. The molecule has 0 N–H and O–H groups in total. The fourth-order valence-electron chi connectivity index (χ4n) is 6.28. The molecule has 2 aromatic rings. The standard InChI is InChI=1S/C24H29N3O2/c28-24(20-12-23(29-25-20)18-5-2-1-3-6-18)26-13-16-11-19(15-26)22-8-4-7-21(17-9-10-17)27(22)14-16/h1-3,5-6,12,16-17,19,21-22H,4,7-11,13-15H2/t16-,19+,21+,22-/m0/s1. The van der Waals surface area contributed by atoms with E-state index in [1.54, 1.807) is 6.07 Å². The molecule has 152 valence electrons. The Morgan fingerprint density at radius 1 is 0.966 bits per heavy atom. The molecule has 1 aromatic heterocycles. The van der Waals surface area contributed by atoms with Crippen LogP contribution in [0.25, 0.3) is 11.3 Å². The average Bonchev–Trinajstić information content (AvgIpc) is 3.49. The number of rotatable bonds is 3. The summed E-state index contributed by atoms with van der Waals surface area (Å²) < 4.78 is 5.48. The van der Waals surface area contributed by atoms with Crippen LogP contribution >= 0.6 is 0 Å². The molecule has 0 unspecified atom stereocenters. The van der Waals surface area contributed by atoms with Crippen molar-refractivity contribution in [2.75, 3.05) is 19.6 Å². The summed E-state index contributed by atoms with van der Waals surface area (Å²) in [4.78, 5) is 18.1. The molecule has 1 saturated carbocycles. The predicted octanol–water partition coefficient (Wildman–Crippen LogP) is 4.07. The fraction of sp³-hybridized carbons (Fsp3) is 0.583. The van der Waals surface area contributed by atoms with E-state index in [0.717, 1.165) is 30.6 Å². The van der Waals surface area contributed by atoms with Crippen LogP contribution in [0.15, 0.2) is 40.9 Å². The van der Waals surface area contributed by atoms with Gasteiger partial charge in [0.15, 0.2) is 11.5 Å². The molecule has 1 amide bonds. The number of likely N-dealkylation sites (tertiary alicyclic amines) is 1. The zero-order chi connectivity index (χ0) is 19.4. The third kappa shape index (κ3) is 3.20. The second-order valence-electron chi connectivity index (χ2n) is 9.61. The Labute approximate surface area is 172 Å². The SMILES string of the molecule is O=C(c1cc(-c2ccccc2)on1)N1C[C@@H]2C[C@H](C1)[C@@H]1CCC[C@H](C3CC3)N1C2. The molecule has 0 radical (unpaired) electrons. The van der Waals surface area contributed by atoms with Gasteiger partial charge in [-0.05, 0) is 49.9 Å². The number of fused-ring (bicyclic) bond motifs is 4. The lowest BCUT2D eigenvalue weighted by molar-refractivity contribution is -0.0552. The van der Waals surface area contributed by atoms with Gasteiger partial charge < -0.3 is 9.42 Å². The summed E-state index contributed by atoms with van der Waals surface area (Å²) in [5, 5.41) is 4.11. The number of hydrogen-bond acceptors (Lipinski definition) is 4. The van der Waals surface area contributed by atoms with Gasteiger partial charge in [-0.2, -0.15) is 0 Å². The van der Waals surface area contributed by atoms with E-state index in [1.807, 2.05) is 30.3 Å². The van der Waals surface area contributed by atoms with Crippen molar-refractivity contribution in [2.45, 2.75) is 50.6 Å². The molecular formula is C24H29N3O2. The minimum atomic E-state index is 0.0358. The Kier molecular flexibility index (Phi) is 4.26. The first kappa shape index (κ1) is 17.7. The molecule has 6 rings (SSSR count). The topological polar surface area (TPSA) is 49.6 Å². The van der Waals surface area contributed by atoms with Crippen LogP contribution in [0.3, 0.4) is 0 Å². The van der Waals surface area contributed by atoms with Crippen LogP contribution in [0.2, 0.25) is 0 Å². The van der Waals surface area contributed by atoms with Gasteiger partial charge in [-0.3, -0.25) is 9.69 Å². The molecule has 5 nitrogen and oxygen atoms in total. The zero-order valence-electron chi connectivity index (χ0n) is 16.9. The normalized spacial score (nSPS) is 32.1. The minimum absolute atomic E-state index is 0.0358. The van der Waals surface area contributed by atoms with E-state index in [4.69, 9.17) is 4.52 Å². The van der Waals surface area contributed by atoms with E-state index >= 15 is 0 Å². The van der Waals surface area contributed by atoms with E-state index in [-0.39, 0.29) is 5.91 Å². The number of benzene rings is 1. The van der Waals surface area contributed by atoms with Crippen LogP contribution in [0.5, 0.6) is 0 Å². The third-order valence-electron chi connectivity index (χ3n) is 7.68. The second-order valence-corrected chi connectivity index (χ2v) is 9.61. The lowest BCUT2D eigenvalue weighted by Gasteiger charge is -2.55. The zero-order valence-corrected chi connectivity index (χ0v) is 16.9. The van der Waals surface area contributed by atoms with Crippen molar-refractivity contribution in [2.24, 2.45) is 17.8 Å². The second kappa shape index (κ2) is 6.98. The largest absolute Gasteiger partial charge is 0.355 e. The highest BCUT2D eigenvalue weighted by molar-refractivity contribution is 5.93. The molecule has 4 heterocycles. The number of nitrogens with zero attached hydrogens (tertiary/aromatic N) is 3. The number of carbonyl (C=O) groups is 1. The third-order valence-corrected chi connectivity index (χ3v) is 7.68. The Hall–Kier alpha value is -2.14. The van der Waals surface area contributed by atoms with Crippen molar-refractivity contribution in [1.82, 2.24) is 15.0 Å². The average molecular weight is 392 g/mol. The van der Waals surface area contributed by atoms with Gasteiger partial charge in [0.2, 0.25) is 0 Å². The molecule has 1 aromatic carbocycles. The van der Waals surface area contributed by atoms with Crippen LogP contribution in [0.4, 0.5) is 0 Å². The van der Waals surface area contributed by atoms with Crippen LogP contribution in [-0.4, -0.2) is 52.6 Å². The Balaban J connectivity index is 1.19. The molecule has 3 aliphatic heterocycles. The van der Waals surface area contributed by atoms with Crippen molar-refractivity contribution in [1.29, 1.82) is 0 Å². The number of amides is 1. The molecule has 0 spiro atoms. The lowest BCUT2D eigenvalue weighted by atomic mass is 9.74. The van der Waals surface area contributed by atoms with E-state index in [1.165, 1.54) is 45.1 Å². The molecule has 4 fully saturated rings. The maximum absolute atomic E-state index is 13.2.